The molecule has 0 aliphatic heterocycles. The second-order valence-corrected chi connectivity index (χ2v) is 14.4. The van der Waals surface area contributed by atoms with Gasteiger partial charge in [0.25, 0.3) is 11.3 Å². The zero-order valence-corrected chi connectivity index (χ0v) is 27.7. The van der Waals surface area contributed by atoms with Crippen molar-refractivity contribution in [1.82, 2.24) is 15.2 Å². The number of nitrogens with zero attached hydrogens (tertiary/aromatic N) is 1. The number of benzene rings is 2. The number of halogens is 3. The van der Waals surface area contributed by atoms with E-state index in [4.69, 9.17) is 48.6 Å². The molecule has 0 saturated heterocycles. The number of amides is 2. The van der Waals surface area contributed by atoms with E-state index in [0.717, 1.165) is 62.7 Å². The van der Waals surface area contributed by atoms with E-state index in [9.17, 15) is 14.1 Å². The van der Waals surface area contributed by atoms with Crippen molar-refractivity contribution in [2.24, 2.45) is 11.8 Å². The van der Waals surface area contributed by atoms with E-state index in [-0.39, 0.29) is 12.6 Å². The van der Waals surface area contributed by atoms with Crippen LogP contribution in [0.5, 0.6) is 5.75 Å². The quantitative estimate of drug-likeness (QED) is 0.166. The highest BCUT2D eigenvalue weighted by Crippen LogP contribution is 2.53. The molecule has 1 unspecified atom stereocenters. The topological polar surface area (TPSA) is 134 Å². The van der Waals surface area contributed by atoms with Crippen molar-refractivity contribution in [2.45, 2.75) is 88.4 Å². The lowest BCUT2D eigenvalue weighted by atomic mass is 9.61. The second kappa shape index (κ2) is 13.8. The summed E-state index contributed by atoms with van der Waals surface area (Å²) < 4.78 is 33.5. The summed E-state index contributed by atoms with van der Waals surface area (Å²) in [6, 6.07) is 10.1. The third kappa shape index (κ3) is 7.47. The number of hydrogen-bond donors (Lipinski definition) is 4. The third-order valence-electron chi connectivity index (χ3n) is 9.43. The number of carbonyl (C=O) groups excluding carboxylic acids is 1. The fourth-order valence-corrected chi connectivity index (χ4v) is 8.12. The normalized spacial score (nSPS) is 25.8. The minimum Gasteiger partial charge on any atom is -0.489 e. The Morgan fingerprint density at radius 2 is 1.69 bits per heavy atom. The van der Waals surface area contributed by atoms with Crippen LogP contribution in [-0.2, 0) is 23.5 Å². The number of hydrogen-bond acceptors (Lipinski definition) is 6. The first-order chi connectivity index (χ1) is 21.6. The van der Waals surface area contributed by atoms with Crippen LogP contribution in [0, 0.1) is 11.8 Å². The van der Waals surface area contributed by atoms with E-state index in [1.54, 1.807) is 24.3 Å². The number of carbonyl (C=O) groups is 1. The van der Waals surface area contributed by atoms with Crippen molar-refractivity contribution < 1.29 is 27.9 Å². The average molecular weight is 697 g/mol. The average Bonchev–Trinajstić information content (AvgIpc) is 3.71. The van der Waals surface area contributed by atoms with Crippen molar-refractivity contribution >= 4 is 52.1 Å². The molecule has 1 aromatic heterocycles. The van der Waals surface area contributed by atoms with Gasteiger partial charge in [0.15, 0.2) is 0 Å². The summed E-state index contributed by atoms with van der Waals surface area (Å²) >= 11 is 17.3. The summed E-state index contributed by atoms with van der Waals surface area (Å²) in [6.45, 7) is 0.206. The van der Waals surface area contributed by atoms with Crippen LogP contribution in [0.15, 0.2) is 40.9 Å². The third-order valence-corrected chi connectivity index (χ3v) is 10.7. The van der Waals surface area contributed by atoms with Crippen molar-refractivity contribution in [3.05, 3.63) is 68.4 Å². The van der Waals surface area contributed by atoms with Crippen LogP contribution in [-0.4, -0.2) is 31.1 Å². The monoisotopic (exact) mass is 695 g/mol. The van der Waals surface area contributed by atoms with Crippen molar-refractivity contribution in [1.29, 1.82) is 0 Å². The van der Waals surface area contributed by atoms with Gasteiger partial charge in [-0.2, -0.15) is 0 Å². The summed E-state index contributed by atoms with van der Waals surface area (Å²) in [5.74, 6) is 2.57. The summed E-state index contributed by atoms with van der Waals surface area (Å²) in [5, 5.41) is 20.1. The summed E-state index contributed by atoms with van der Waals surface area (Å²) in [4.78, 5) is 11.8. The Labute approximate surface area is 279 Å². The largest absolute Gasteiger partial charge is 0.489 e. The molecule has 9 nitrogen and oxygen atoms in total. The van der Waals surface area contributed by atoms with Gasteiger partial charge in [-0.15, -0.1) is 0 Å². The molecule has 2 aromatic carbocycles. The van der Waals surface area contributed by atoms with E-state index in [1.807, 2.05) is 16.9 Å². The van der Waals surface area contributed by atoms with Gasteiger partial charge in [-0.1, -0.05) is 77.8 Å². The maximum atomic E-state index is 11.8. The van der Waals surface area contributed by atoms with Gasteiger partial charge in [0.05, 0.1) is 26.2 Å². The molecule has 0 radical (unpaired) electrons. The van der Waals surface area contributed by atoms with E-state index in [1.165, 1.54) is 0 Å². The number of aliphatic hydroxyl groups is 1. The molecule has 0 bridgehead atoms. The molecule has 6 rings (SSSR count). The highest BCUT2D eigenvalue weighted by Gasteiger charge is 2.47. The number of nitrogens with one attached hydrogen (secondary N) is 2. The Bertz CT molecular complexity index is 1550. The fraction of sp³-hybridized carbons (Fsp3) is 0.500. The molecule has 0 spiro atoms. The van der Waals surface area contributed by atoms with Gasteiger partial charge in [-0.05, 0) is 74.6 Å². The molecule has 3 saturated carbocycles. The molecule has 13 heteroatoms. The Hall–Kier alpha value is -2.34. The lowest BCUT2D eigenvalue weighted by Crippen LogP contribution is -2.45. The molecule has 3 aromatic rings. The zero-order chi connectivity index (χ0) is 31.7. The minimum absolute atomic E-state index is 0.0158. The molecule has 3 fully saturated rings. The first-order valence-electron chi connectivity index (χ1n) is 15.4. The van der Waals surface area contributed by atoms with Crippen LogP contribution in [0.1, 0.15) is 87.0 Å². The Morgan fingerprint density at radius 1 is 1.00 bits per heavy atom. The molecule has 3 aliphatic rings. The second-order valence-electron chi connectivity index (χ2n) is 12.5. The molecule has 3 aliphatic carbocycles. The van der Waals surface area contributed by atoms with Gasteiger partial charge in [0, 0.05) is 23.1 Å². The minimum atomic E-state index is -2.37. The molecule has 2 amide bonds. The fourth-order valence-electron chi connectivity index (χ4n) is 6.98. The molecule has 4 N–H and O–H groups in total. The van der Waals surface area contributed by atoms with Gasteiger partial charge in [0.2, 0.25) is 0 Å². The SMILES string of the molecule is O=C(NC1CCCC(C2CC(O)(c3ccc(OCc4c(-c5c(Cl)cccc5Cl)noc4C4CC4)cc3Cl)C2)CCC1)NS(=O)O. The van der Waals surface area contributed by atoms with E-state index >= 15 is 0 Å². The smallest absolute Gasteiger partial charge is 0.328 e. The number of urea groups is 1. The van der Waals surface area contributed by atoms with E-state index < -0.39 is 22.9 Å². The van der Waals surface area contributed by atoms with Gasteiger partial charge in [-0.25, -0.2) is 13.7 Å². The number of aromatic nitrogens is 1. The summed E-state index contributed by atoms with van der Waals surface area (Å²) in [7, 11) is 0. The van der Waals surface area contributed by atoms with E-state index in [0.29, 0.717) is 68.2 Å². The molecule has 1 atom stereocenters. The standard InChI is InChI=1S/C32H36Cl3N3O6S/c33-25-8-3-9-26(34)28(25)29-23(30(44-37-29)19-10-11-19)17-43-22-12-13-24(27(35)14-22)32(40)15-20(16-32)18-4-1-6-21(7-2-5-18)36-31(39)38-45(41)42/h3,8-9,12-14,18-21,40H,1-2,4-7,10-11,15-17H2,(H,41,42)(H2,36,38,39). The van der Waals surface area contributed by atoms with Crippen LogP contribution >= 0.6 is 34.8 Å². The van der Waals surface area contributed by atoms with Gasteiger partial charge < -0.3 is 19.7 Å². The molecule has 242 valence electrons. The van der Waals surface area contributed by atoms with Crippen molar-refractivity contribution in [2.75, 3.05) is 0 Å². The van der Waals surface area contributed by atoms with Crippen LogP contribution in [0.25, 0.3) is 11.3 Å². The van der Waals surface area contributed by atoms with Gasteiger partial charge >= 0.3 is 6.03 Å². The maximum absolute atomic E-state index is 11.8. The molecular formula is C32H36Cl3N3O6S. The number of rotatable bonds is 9. The number of ether oxygens (including phenoxy) is 1. The molecule has 1 heterocycles. The predicted molar refractivity (Wildman–Crippen MR) is 174 cm³/mol. The zero-order valence-electron chi connectivity index (χ0n) is 24.6. The van der Waals surface area contributed by atoms with Crippen LogP contribution < -0.4 is 14.8 Å². The molecule has 45 heavy (non-hydrogen) atoms. The lowest BCUT2D eigenvalue weighted by molar-refractivity contribution is -0.101. The van der Waals surface area contributed by atoms with Crippen LogP contribution in [0.4, 0.5) is 4.79 Å². The van der Waals surface area contributed by atoms with E-state index in [2.05, 4.69) is 10.5 Å². The highest BCUT2D eigenvalue weighted by molar-refractivity contribution is 7.77. The first-order valence-corrected chi connectivity index (χ1v) is 17.6. The van der Waals surface area contributed by atoms with Crippen molar-refractivity contribution in [3.8, 4) is 17.0 Å². The Balaban J connectivity index is 1.06. The summed E-state index contributed by atoms with van der Waals surface area (Å²) in [5.41, 5.74) is 1.75. The van der Waals surface area contributed by atoms with Crippen LogP contribution in [0.3, 0.4) is 0 Å². The predicted octanol–water partition coefficient (Wildman–Crippen LogP) is 8.13. The first kappa shape index (κ1) is 32.6. The van der Waals surface area contributed by atoms with Gasteiger partial charge in [-0.3, -0.25) is 4.55 Å². The maximum Gasteiger partial charge on any atom is 0.328 e. The highest BCUT2D eigenvalue weighted by atomic mass is 35.5. The van der Waals surface area contributed by atoms with Crippen LogP contribution in [0.2, 0.25) is 15.1 Å². The lowest BCUT2D eigenvalue weighted by Gasteiger charge is -2.48. The Morgan fingerprint density at radius 3 is 2.31 bits per heavy atom. The van der Waals surface area contributed by atoms with Crippen molar-refractivity contribution in [3.63, 3.8) is 0 Å². The summed E-state index contributed by atoms with van der Waals surface area (Å²) in [6.07, 6.45) is 8.91. The Kier molecular flexibility index (Phi) is 9.99. The molecular weight excluding hydrogens is 661 g/mol. The van der Waals surface area contributed by atoms with Gasteiger partial charge in [0.1, 0.15) is 23.8 Å².